The third-order valence-corrected chi connectivity index (χ3v) is 3.83. The minimum Gasteiger partial charge on any atom is -0.460 e. The van der Waals surface area contributed by atoms with E-state index < -0.39 is 11.7 Å². The Hall–Kier alpha value is -1.79. The molecule has 0 saturated carbocycles. The number of furan rings is 1. The maximum atomic E-state index is 12.8. The van der Waals surface area contributed by atoms with Gasteiger partial charge in [0.15, 0.2) is 0 Å². The molecule has 1 aliphatic heterocycles. The quantitative estimate of drug-likeness (QED) is 0.893. The number of nitrogens with one attached hydrogen (secondary N) is 1. The molecule has 0 radical (unpaired) electrons. The first-order valence-corrected chi connectivity index (χ1v) is 7.61. The molecule has 2 aromatic rings. The molecular formula is C17H18F3NO2. The van der Waals surface area contributed by atoms with Crippen LogP contribution in [0, 0.1) is 0 Å². The average Bonchev–Trinajstić information content (AvgIpc) is 3.18. The van der Waals surface area contributed by atoms with Crippen LogP contribution in [0.3, 0.4) is 0 Å². The van der Waals surface area contributed by atoms with Crippen molar-refractivity contribution in [1.29, 1.82) is 0 Å². The van der Waals surface area contributed by atoms with Gasteiger partial charge in [-0.3, -0.25) is 0 Å². The van der Waals surface area contributed by atoms with Crippen LogP contribution in [-0.4, -0.2) is 19.3 Å². The lowest BCUT2D eigenvalue weighted by molar-refractivity contribution is -0.137. The fraction of sp³-hybridized carbons (Fsp3) is 0.412. The van der Waals surface area contributed by atoms with E-state index in [1.54, 1.807) is 18.2 Å². The Kier molecular flexibility index (Phi) is 4.73. The van der Waals surface area contributed by atoms with Gasteiger partial charge in [-0.15, -0.1) is 0 Å². The van der Waals surface area contributed by atoms with Gasteiger partial charge in [0.2, 0.25) is 0 Å². The Labute approximate surface area is 132 Å². The third-order valence-electron chi connectivity index (χ3n) is 3.83. The van der Waals surface area contributed by atoms with E-state index >= 15 is 0 Å². The van der Waals surface area contributed by atoms with Gasteiger partial charge in [0.1, 0.15) is 11.5 Å². The summed E-state index contributed by atoms with van der Waals surface area (Å²) in [6.45, 7) is 2.09. The van der Waals surface area contributed by atoms with E-state index in [0.29, 0.717) is 23.6 Å². The van der Waals surface area contributed by atoms with Crippen molar-refractivity contribution in [2.24, 2.45) is 0 Å². The summed E-state index contributed by atoms with van der Waals surface area (Å²) in [4.78, 5) is 0. The van der Waals surface area contributed by atoms with Crippen molar-refractivity contribution in [2.45, 2.75) is 31.7 Å². The largest absolute Gasteiger partial charge is 0.460 e. The van der Waals surface area contributed by atoms with E-state index in [0.717, 1.165) is 38.1 Å². The summed E-state index contributed by atoms with van der Waals surface area (Å²) < 4.78 is 49.4. The normalized spacial score (nSPS) is 18.5. The summed E-state index contributed by atoms with van der Waals surface area (Å²) in [6, 6.07) is 8.61. The molecule has 1 fully saturated rings. The van der Waals surface area contributed by atoms with Gasteiger partial charge in [0.05, 0.1) is 18.2 Å². The summed E-state index contributed by atoms with van der Waals surface area (Å²) in [5, 5.41) is 3.25. The molecule has 3 rings (SSSR count). The number of halogens is 3. The van der Waals surface area contributed by atoms with Gasteiger partial charge in [-0.2, -0.15) is 13.2 Å². The van der Waals surface area contributed by atoms with Gasteiger partial charge in [0, 0.05) is 18.7 Å². The predicted octanol–water partition coefficient (Wildman–Crippen LogP) is 4.23. The molecule has 0 amide bonds. The van der Waals surface area contributed by atoms with Gasteiger partial charge >= 0.3 is 6.18 Å². The smallest absolute Gasteiger partial charge is 0.416 e. The molecule has 23 heavy (non-hydrogen) atoms. The molecular weight excluding hydrogens is 307 g/mol. The number of ether oxygens (including phenoxy) is 1. The van der Waals surface area contributed by atoms with Gasteiger partial charge in [-0.25, -0.2) is 0 Å². The molecule has 1 saturated heterocycles. The highest BCUT2D eigenvalue weighted by Crippen LogP contribution is 2.32. The van der Waals surface area contributed by atoms with E-state index in [1.807, 2.05) is 0 Å². The zero-order valence-electron chi connectivity index (χ0n) is 12.5. The van der Waals surface area contributed by atoms with Crippen LogP contribution in [0.2, 0.25) is 0 Å². The second kappa shape index (κ2) is 6.76. The second-order valence-corrected chi connectivity index (χ2v) is 5.61. The summed E-state index contributed by atoms with van der Waals surface area (Å²) in [7, 11) is 0. The lowest BCUT2D eigenvalue weighted by Gasteiger charge is -2.09. The molecule has 2 heterocycles. The van der Waals surface area contributed by atoms with Crippen LogP contribution in [0.1, 0.15) is 24.2 Å². The Morgan fingerprint density at radius 1 is 1.17 bits per heavy atom. The highest BCUT2D eigenvalue weighted by molar-refractivity contribution is 5.58. The fourth-order valence-electron chi connectivity index (χ4n) is 2.64. The maximum Gasteiger partial charge on any atom is 0.416 e. The lowest BCUT2D eigenvalue weighted by Crippen LogP contribution is -2.25. The molecule has 0 bridgehead atoms. The standard InChI is InChI=1S/C17H18F3NO2/c18-17(19,20)13-4-1-3-12(9-13)16-7-6-15(23-16)11-21-10-14-5-2-8-22-14/h1,3-4,6-7,9,14,21H,2,5,8,10-11H2/t14-/m0/s1. The molecule has 1 N–H and O–H groups in total. The van der Waals surface area contributed by atoms with Crippen molar-refractivity contribution in [1.82, 2.24) is 5.32 Å². The molecule has 0 aliphatic carbocycles. The van der Waals surface area contributed by atoms with Crippen molar-refractivity contribution in [3.8, 4) is 11.3 Å². The van der Waals surface area contributed by atoms with Crippen LogP contribution < -0.4 is 5.32 Å². The van der Waals surface area contributed by atoms with E-state index in [2.05, 4.69) is 5.32 Å². The SMILES string of the molecule is FC(F)(F)c1cccc(-c2ccc(CNC[C@@H]3CCCO3)o2)c1. The number of hydrogen-bond donors (Lipinski definition) is 1. The van der Waals surface area contributed by atoms with E-state index in [-0.39, 0.29) is 6.10 Å². The summed E-state index contributed by atoms with van der Waals surface area (Å²) in [6.07, 6.45) is -1.96. The Morgan fingerprint density at radius 3 is 2.78 bits per heavy atom. The molecule has 1 atom stereocenters. The van der Waals surface area contributed by atoms with Crippen LogP contribution in [0.15, 0.2) is 40.8 Å². The Morgan fingerprint density at radius 2 is 2.04 bits per heavy atom. The van der Waals surface area contributed by atoms with Crippen molar-refractivity contribution < 1.29 is 22.3 Å². The molecule has 0 spiro atoms. The molecule has 3 nitrogen and oxygen atoms in total. The first-order valence-electron chi connectivity index (χ1n) is 7.61. The highest BCUT2D eigenvalue weighted by Gasteiger charge is 2.30. The van der Waals surface area contributed by atoms with Crippen LogP contribution in [0.5, 0.6) is 0 Å². The Bertz CT molecular complexity index is 645. The fourth-order valence-corrected chi connectivity index (χ4v) is 2.64. The number of hydrogen-bond acceptors (Lipinski definition) is 3. The van der Waals surface area contributed by atoms with Gasteiger partial charge in [-0.05, 0) is 37.1 Å². The molecule has 6 heteroatoms. The molecule has 1 aliphatic rings. The molecule has 124 valence electrons. The van der Waals surface area contributed by atoms with Crippen molar-refractivity contribution >= 4 is 0 Å². The summed E-state index contributed by atoms with van der Waals surface area (Å²) >= 11 is 0. The first-order chi connectivity index (χ1) is 11.0. The van der Waals surface area contributed by atoms with E-state index in [9.17, 15) is 13.2 Å². The minimum absolute atomic E-state index is 0.243. The molecule has 1 aromatic heterocycles. The van der Waals surface area contributed by atoms with Gasteiger partial charge < -0.3 is 14.5 Å². The maximum absolute atomic E-state index is 12.8. The third kappa shape index (κ3) is 4.14. The van der Waals surface area contributed by atoms with Crippen molar-refractivity contribution in [3.63, 3.8) is 0 Å². The van der Waals surface area contributed by atoms with Crippen molar-refractivity contribution in [2.75, 3.05) is 13.2 Å². The van der Waals surface area contributed by atoms with Crippen molar-refractivity contribution in [3.05, 3.63) is 47.7 Å². The second-order valence-electron chi connectivity index (χ2n) is 5.61. The van der Waals surface area contributed by atoms with E-state index in [4.69, 9.17) is 9.15 Å². The zero-order valence-corrected chi connectivity index (χ0v) is 12.5. The molecule has 1 aromatic carbocycles. The highest BCUT2D eigenvalue weighted by atomic mass is 19.4. The first kappa shape index (κ1) is 16.1. The monoisotopic (exact) mass is 325 g/mol. The Balaban J connectivity index is 1.62. The van der Waals surface area contributed by atoms with Crippen LogP contribution >= 0.6 is 0 Å². The zero-order chi connectivity index (χ0) is 16.3. The van der Waals surface area contributed by atoms with Gasteiger partial charge in [0.25, 0.3) is 0 Å². The average molecular weight is 325 g/mol. The number of alkyl halides is 3. The van der Waals surface area contributed by atoms with E-state index in [1.165, 1.54) is 6.07 Å². The predicted molar refractivity (Wildman–Crippen MR) is 79.8 cm³/mol. The topological polar surface area (TPSA) is 34.4 Å². The van der Waals surface area contributed by atoms with Crippen LogP contribution in [-0.2, 0) is 17.5 Å². The summed E-state index contributed by atoms with van der Waals surface area (Å²) in [5.41, 5.74) is -0.255. The molecule has 0 unspecified atom stereocenters. The summed E-state index contributed by atoms with van der Waals surface area (Å²) in [5.74, 6) is 1.13. The van der Waals surface area contributed by atoms with Crippen LogP contribution in [0.25, 0.3) is 11.3 Å². The lowest BCUT2D eigenvalue weighted by atomic mass is 10.1. The van der Waals surface area contributed by atoms with Gasteiger partial charge in [-0.1, -0.05) is 12.1 Å². The number of rotatable bonds is 5. The number of benzene rings is 1. The minimum atomic E-state index is -4.35. The van der Waals surface area contributed by atoms with Crippen LogP contribution in [0.4, 0.5) is 13.2 Å².